The number of anilines is 1. The van der Waals surface area contributed by atoms with Crippen molar-refractivity contribution in [1.82, 2.24) is 4.90 Å². The van der Waals surface area contributed by atoms with Crippen molar-refractivity contribution in [3.63, 3.8) is 0 Å². The van der Waals surface area contributed by atoms with Crippen molar-refractivity contribution in [1.29, 1.82) is 0 Å². The van der Waals surface area contributed by atoms with Crippen molar-refractivity contribution in [2.75, 3.05) is 32.6 Å². The zero-order valence-corrected chi connectivity index (χ0v) is 16.2. The quantitative estimate of drug-likeness (QED) is 0.707. The minimum absolute atomic E-state index is 0.147. The fraction of sp³-hybridized carbons (Fsp3) is 0.286. The molecule has 0 aliphatic heterocycles. The fourth-order valence-corrected chi connectivity index (χ4v) is 2.26. The molecule has 2 amide bonds. The molecule has 28 heavy (non-hydrogen) atoms. The lowest BCUT2D eigenvalue weighted by atomic mass is 10.1. The summed E-state index contributed by atoms with van der Waals surface area (Å²) in [5, 5.41) is 2.67. The predicted octanol–water partition coefficient (Wildman–Crippen LogP) is 2.51. The summed E-state index contributed by atoms with van der Waals surface area (Å²) >= 11 is 0. The van der Waals surface area contributed by atoms with Gasteiger partial charge in [-0.1, -0.05) is 31.2 Å². The van der Waals surface area contributed by atoms with Crippen LogP contribution >= 0.6 is 0 Å². The van der Waals surface area contributed by atoms with Gasteiger partial charge in [0.05, 0.1) is 0 Å². The van der Waals surface area contributed by atoms with Gasteiger partial charge in [0.1, 0.15) is 11.3 Å². The average Bonchev–Trinajstić information content (AvgIpc) is 2.70. The molecular formula is C21H24N2O5. The van der Waals surface area contributed by atoms with E-state index in [2.05, 4.69) is 5.32 Å². The molecule has 0 atom stereocenters. The van der Waals surface area contributed by atoms with Crippen LogP contribution in [0.5, 0.6) is 5.75 Å². The Morgan fingerprint density at radius 1 is 0.964 bits per heavy atom. The molecule has 2 rings (SSSR count). The van der Waals surface area contributed by atoms with E-state index in [0.717, 1.165) is 12.0 Å². The Balaban J connectivity index is 1.91. The highest BCUT2D eigenvalue weighted by molar-refractivity contribution is 5.96. The van der Waals surface area contributed by atoms with Crippen LogP contribution in [0.3, 0.4) is 0 Å². The van der Waals surface area contributed by atoms with Gasteiger partial charge in [0.15, 0.2) is 13.2 Å². The molecule has 0 aromatic heterocycles. The molecule has 0 bridgehead atoms. The Morgan fingerprint density at radius 3 is 2.29 bits per heavy atom. The van der Waals surface area contributed by atoms with Crippen LogP contribution in [0.15, 0.2) is 48.5 Å². The zero-order valence-electron chi connectivity index (χ0n) is 16.2. The number of carbonyl (C=O) groups is 3. The summed E-state index contributed by atoms with van der Waals surface area (Å²) in [4.78, 5) is 37.4. The predicted molar refractivity (Wildman–Crippen MR) is 105 cm³/mol. The van der Waals surface area contributed by atoms with E-state index in [-0.39, 0.29) is 23.8 Å². The summed E-state index contributed by atoms with van der Waals surface area (Å²) < 4.78 is 10.5. The van der Waals surface area contributed by atoms with Gasteiger partial charge in [0, 0.05) is 19.8 Å². The second kappa shape index (κ2) is 10.1. The maximum absolute atomic E-state index is 12.3. The summed E-state index contributed by atoms with van der Waals surface area (Å²) in [5.41, 5.74) is 1.94. The van der Waals surface area contributed by atoms with E-state index in [9.17, 15) is 14.4 Å². The van der Waals surface area contributed by atoms with Gasteiger partial charge < -0.3 is 19.7 Å². The first-order valence-electron chi connectivity index (χ1n) is 8.88. The monoisotopic (exact) mass is 384 g/mol. The minimum atomic E-state index is -0.704. The van der Waals surface area contributed by atoms with E-state index >= 15 is 0 Å². The number of carbonyl (C=O) groups excluding carboxylic acids is 3. The first-order valence-corrected chi connectivity index (χ1v) is 8.88. The topological polar surface area (TPSA) is 84.9 Å². The lowest BCUT2D eigenvalue weighted by Crippen LogP contribution is -2.28. The molecule has 0 heterocycles. The number of rotatable bonds is 8. The number of likely N-dealkylation sites (N-methyl/N-ethyl adjacent to an activating group) is 1. The number of benzene rings is 2. The highest BCUT2D eigenvalue weighted by Gasteiger charge is 2.16. The second-order valence-corrected chi connectivity index (χ2v) is 6.25. The fourth-order valence-electron chi connectivity index (χ4n) is 2.26. The number of esters is 1. The SMILES string of the molecule is CCc1ccc(NC(=O)COC(=O)c2ccccc2OCC(=O)N(C)C)cc1. The lowest BCUT2D eigenvalue weighted by molar-refractivity contribution is -0.130. The van der Waals surface area contributed by atoms with E-state index in [0.29, 0.717) is 5.69 Å². The molecular weight excluding hydrogens is 360 g/mol. The van der Waals surface area contributed by atoms with Crippen molar-refractivity contribution < 1.29 is 23.9 Å². The molecule has 7 heteroatoms. The van der Waals surface area contributed by atoms with Crippen LogP contribution in [0.2, 0.25) is 0 Å². The molecule has 7 nitrogen and oxygen atoms in total. The molecule has 0 radical (unpaired) electrons. The molecule has 0 unspecified atom stereocenters. The third-order valence-corrected chi connectivity index (χ3v) is 3.94. The molecule has 0 spiro atoms. The van der Waals surface area contributed by atoms with E-state index in [4.69, 9.17) is 9.47 Å². The zero-order chi connectivity index (χ0) is 20.5. The summed E-state index contributed by atoms with van der Waals surface area (Å²) in [6.45, 7) is 1.41. The van der Waals surface area contributed by atoms with Crippen LogP contribution in [-0.2, 0) is 20.7 Å². The van der Waals surface area contributed by atoms with Crippen LogP contribution in [-0.4, -0.2) is 50.0 Å². The molecule has 148 valence electrons. The first kappa shape index (κ1) is 21.0. The number of amides is 2. The minimum Gasteiger partial charge on any atom is -0.483 e. The number of hydrogen-bond donors (Lipinski definition) is 1. The summed E-state index contributed by atoms with van der Waals surface area (Å²) in [7, 11) is 3.22. The number of hydrogen-bond acceptors (Lipinski definition) is 5. The van der Waals surface area contributed by atoms with Gasteiger partial charge in [-0.2, -0.15) is 0 Å². The highest BCUT2D eigenvalue weighted by atomic mass is 16.5. The van der Waals surface area contributed by atoms with E-state index in [1.807, 2.05) is 19.1 Å². The molecule has 0 saturated heterocycles. The van der Waals surface area contributed by atoms with Crippen molar-refractivity contribution in [3.8, 4) is 5.75 Å². The number of para-hydroxylation sites is 1. The molecule has 2 aromatic carbocycles. The van der Waals surface area contributed by atoms with E-state index < -0.39 is 18.5 Å². The number of nitrogens with zero attached hydrogens (tertiary/aromatic N) is 1. The Hall–Kier alpha value is -3.35. The van der Waals surface area contributed by atoms with Crippen molar-refractivity contribution in [3.05, 3.63) is 59.7 Å². The number of aryl methyl sites for hydroxylation is 1. The van der Waals surface area contributed by atoms with Crippen molar-refractivity contribution >= 4 is 23.5 Å². The molecule has 0 aliphatic rings. The highest BCUT2D eigenvalue weighted by Crippen LogP contribution is 2.19. The Labute approximate surface area is 164 Å². The Kier molecular flexibility index (Phi) is 7.56. The largest absolute Gasteiger partial charge is 0.483 e. The number of nitrogens with one attached hydrogen (secondary N) is 1. The summed E-state index contributed by atoms with van der Waals surface area (Å²) in [6.07, 6.45) is 0.910. The van der Waals surface area contributed by atoms with Crippen LogP contribution in [0.1, 0.15) is 22.8 Å². The van der Waals surface area contributed by atoms with Crippen LogP contribution in [0, 0.1) is 0 Å². The maximum Gasteiger partial charge on any atom is 0.342 e. The van der Waals surface area contributed by atoms with Crippen molar-refractivity contribution in [2.24, 2.45) is 0 Å². The van der Waals surface area contributed by atoms with Gasteiger partial charge >= 0.3 is 5.97 Å². The maximum atomic E-state index is 12.3. The van der Waals surface area contributed by atoms with Gasteiger partial charge in [0.2, 0.25) is 0 Å². The van der Waals surface area contributed by atoms with Crippen LogP contribution < -0.4 is 10.1 Å². The Bertz CT molecular complexity index is 831. The summed E-state index contributed by atoms with van der Waals surface area (Å²) in [6, 6.07) is 13.8. The van der Waals surface area contributed by atoms with Gasteiger partial charge in [-0.05, 0) is 36.2 Å². The van der Waals surface area contributed by atoms with E-state index in [1.165, 1.54) is 11.0 Å². The number of ether oxygens (including phenoxy) is 2. The molecule has 2 aromatic rings. The molecule has 0 saturated carbocycles. The molecule has 0 fully saturated rings. The average molecular weight is 384 g/mol. The summed E-state index contributed by atoms with van der Waals surface area (Å²) in [5.74, 6) is -1.17. The third kappa shape index (κ3) is 6.12. The second-order valence-electron chi connectivity index (χ2n) is 6.25. The van der Waals surface area contributed by atoms with Crippen molar-refractivity contribution in [2.45, 2.75) is 13.3 Å². The molecule has 1 N–H and O–H groups in total. The molecule has 0 aliphatic carbocycles. The third-order valence-electron chi connectivity index (χ3n) is 3.94. The lowest BCUT2D eigenvalue weighted by Gasteiger charge is -2.13. The Morgan fingerprint density at radius 2 is 1.64 bits per heavy atom. The smallest absolute Gasteiger partial charge is 0.342 e. The van der Waals surface area contributed by atoms with Gasteiger partial charge in [-0.3, -0.25) is 9.59 Å². The normalized spacial score (nSPS) is 10.1. The standard InChI is InChI=1S/C21H24N2O5/c1-4-15-9-11-16(12-10-15)22-19(24)13-28-21(26)17-7-5-6-8-18(17)27-14-20(25)23(2)3/h5-12H,4,13-14H2,1-3H3,(H,22,24). The van der Waals surface area contributed by atoms with Gasteiger partial charge in [-0.25, -0.2) is 4.79 Å². The van der Waals surface area contributed by atoms with Crippen LogP contribution in [0.25, 0.3) is 0 Å². The van der Waals surface area contributed by atoms with Gasteiger partial charge in [0.25, 0.3) is 11.8 Å². The van der Waals surface area contributed by atoms with Crippen LogP contribution in [0.4, 0.5) is 5.69 Å². The van der Waals surface area contributed by atoms with Gasteiger partial charge in [-0.15, -0.1) is 0 Å². The first-order chi connectivity index (χ1) is 13.4. The van der Waals surface area contributed by atoms with E-state index in [1.54, 1.807) is 44.4 Å².